The van der Waals surface area contributed by atoms with E-state index in [1.54, 1.807) is 0 Å². The lowest BCUT2D eigenvalue weighted by molar-refractivity contribution is -0.552. The molecule has 103 valence electrons. The maximum absolute atomic E-state index is 11.0. The lowest BCUT2D eigenvalue weighted by Crippen LogP contribution is -2.45. The molecule has 0 saturated carbocycles. The summed E-state index contributed by atoms with van der Waals surface area (Å²) in [6, 6.07) is 10.4. The number of benzene rings is 1. The quantitative estimate of drug-likeness (QED) is 0.449. The molecule has 4 heteroatoms. The Morgan fingerprint density at radius 1 is 1.26 bits per heavy atom. The van der Waals surface area contributed by atoms with Gasteiger partial charge in [0.25, 0.3) is 6.17 Å². The Labute approximate surface area is 114 Å². The Bertz CT molecular complexity index is 394. The molecule has 1 saturated heterocycles. The van der Waals surface area contributed by atoms with E-state index in [4.69, 9.17) is 0 Å². The molecule has 0 amide bonds. The van der Waals surface area contributed by atoms with Gasteiger partial charge in [0, 0.05) is 24.4 Å². The molecule has 1 aliphatic heterocycles. The Balaban J connectivity index is 1.71. The van der Waals surface area contributed by atoms with Gasteiger partial charge in [0.2, 0.25) is 0 Å². The van der Waals surface area contributed by atoms with Crippen molar-refractivity contribution in [2.75, 3.05) is 13.1 Å². The van der Waals surface area contributed by atoms with Gasteiger partial charge < -0.3 is 0 Å². The van der Waals surface area contributed by atoms with Crippen LogP contribution in [0.25, 0.3) is 0 Å². The van der Waals surface area contributed by atoms with E-state index in [-0.39, 0.29) is 4.92 Å². The van der Waals surface area contributed by atoms with E-state index in [0.717, 1.165) is 38.8 Å². The van der Waals surface area contributed by atoms with Gasteiger partial charge in [-0.3, -0.25) is 10.1 Å². The first kappa shape index (κ1) is 14.0. The van der Waals surface area contributed by atoms with E-state index in [2.05, 4.69) is 24.3 Å². The minimum absolute atomic E-state index is 0.146. The Morgan fingerprint density at radius 2 is 2.05 bits per heavy atom. The molecule has 19 heavy (non-hydrogen) atoms. The zero-order valence-corrected chi connectivity index (χ0v) is 11.2. The highest BCUT2D eigenvalue weighted by atomic mass is 16.6. The molecule has 0 aromatic heterocycles. The van der Waals surface area contributed by atoms with Crippen LogP contribution in [0.2, 0.25) is 0 Å². The summed E-state index contributed by atoms with van der Waals surface area (Å²) in [6.07, 6.45) is 6.28. The standard InChI is InChI=1S/C15H21N2O2/c18-17(19)15-11-5-7-13-16(15)12-6-4-10-14-8-2-1-3-9-14/h1-3,5,8-9,15H,4,6-7,10-13H2. The molecule has 1 aromatic carbocycles. The van der Waals surface area contributed by atoms with E-state index in [0.29, 0.717) is 6.42 Å². The third-order valence-electron chi connectivity index (χ3n) is 3.67. The van der Waals surface area contributed by atoms with Crippen LogP contribution in [0, 0.1) is 16.5 Å². The zero-order valence-electron chi connectivity index (χ0n) is 11.2. The van der Waals surface area contributed by atoms with E-state index in [1.807, 2.05) is 17.4 Å². The van der Waals surface area contributed by atoms with Gasteiger partial charge in [-0.05, 0) is 37.7 Å². The number of nitrogens with zero attached hydrogens (tertiary/aromatic N) is 2. The van der Waals surface area contributed by atoms with Gasteiger partial charge in [0.1, 0.15) is 0 Å². The summed E-state index contributed by atoms with van der Waals surface area (Å²) >= 11 is 0. The van der Waals surface area contributed by atoms with E-state index in [1.165, 1.54) is 5.56 Å². The van der Waals surface area contributed by atoms with Crippen molar-refractivity contribution in [2.24, 2.45) is 0 Å². The van der Waals surface area contributed by atoms with Crippen LogP contribution in [0.15, 0.2) is 30.3 Å². The third kappa shape index (κ3) is 4.31. The van der Waals surface area contributed by atoms with Crippen molar-refractivity contribution >= 4 is 0 Å². The van der Waals surface area contributed by atoms with Crippen molar-refractivity contribution in [3.63, 3.8) is 0 Å². The fourth-order valence-corrected chi connectivity index (χ4v) is 2.59. The molecule has 0 aliphatic carbocycles. The van der Waals surface area contributed by atoms with Crippen LogP contribution in [0.5, 0.6) is 0 Å². The zero-order chi connectivity index (χ0) is 13.5. The second kappa shape index (κ2) is 7.24. The molecule has 2 rings (SSSR count). The molecular formula is C15H21N2O2. The largest absolute Gasteiger partial charge is 0.268 e. The van der Waals surface area contributed by atoms with E-state index in [9.17, 15) is 10.1 Å². The summed E-state index contributed by atoms with van der Waals surface area (Å²) in [5.41, 5.74) is 1.35. The Hall–Kier alpha value is -1.42. The summed E-state index contributed by atoms with van der Waals surface area (Å²) in [5, 5.41) is 11.0. The van der Waals surface area contributed by atoms with Gasteiger partial charge in [0.05, 0.1) is 0 Å². The van der Waals surface area contributed by atoms with Gasteiger partial charge in [-0.1, -0.05) is 30.3 Å². The van der Waals surface area contributed by atoms with Crippen LogP contribution in [0.1, 0.15) is 31.2 Å². The van der Waals surface area contributed by atoms with Crippen molar-refractivity contribution < 1.29 is 4.92 Å². The molecule has 1 aromatic rings. The molecule has 1 fully saturated rings. The van der Waals surface area contributed by atoms with Crippen LogP contribution in [-0.4, -0.2) is 29.1 Å². The first-order valence-electron chi connectivity index (χ1n) is 7.00. The van der Waals surface area contributed by atoms with Gasteiger partial charge in [-0.2, -0.15) is 0 Å². The van der Waals surface area contributed by atoms with Crippen molar-refractivity contribution in [1.82, 2.24) is 4.90 Å². The first-order valence-corrected chi connectivity index (χ1v) is 7.00. The highest BCUT2D eigenvalue weighted by Crippen LogP contribution is 2.17. The minimum Gasteiger partial charge on any atom is -0.263 e. The molecule has 4 nitrogen and oxygen atoms in total. The molecule has 1 aliphatic rings. The van der Waals surface area contributed by atoms with E-state index >= 15 is 0 Å². The number of hydrogen-bond donors (Lipinski definition) is 0. The van der Waals surface area contributed by atoms with E-state index < -0.39 is 6.17 Å². The molecular weight excluding hydrogens is 240 g/mol. The normalized spacial score (nSPS) is 20.3. The monoisotopic (exact) mass is 261 g/mol. The fraction of sp³-hybridized carbons (Fsp3) is 0.533. The number of likely N-dealkylation sites (tertiary alicyclic amines) is 1. The SMILES string of the molecule is O=[N+]([O-])C1C[CH]CCN1CCCCc1ccccc1. The Morgan fingerprint density at radius 3 is 2.79 bits per heavy atom. The number of hydrogen-bond acceptors (Lipinski definition) is 3. The summed E-state index contributed by atoms with van der Waals surface area (Å²) in [4.78, 5) is 12.8. The molecule has 1 radical (unpaired) electrons. The van der Waals surface area contributed by atoms with Crippen molar-refractivity contribution in [3.05, 3.63) is 52.4 Å². The van der Waals surface area contributed by atoms with Crippen molar-refractivity contribution in [3.8, 4) is 0 Å². The summed E-state index contributed by atoms with van der Waals surface area (Å²) in [7, 11) is 0. The highest BCUT2D eigenvalue weighted by molar-refractivity contribution is 5.14. The predicted molar refractivity (Wildman–Crippen MR) is 75.3 cm³/mol. The summed E-state index contributed by atoms with van der Waals surface area (Å²) in [5.74, 6) is 0. The molecule has 1 atom stereocenters. The average Bonchev–Trinajstić information content (AvgIpc) is 2.45. The number of aryl methyl sites for hydroxylation is 1. The fourth-order valence-electron chi connectivity index (χ4n) is 2.59. The molecule has 0 spiro atoms. The minimum atomic E-state index is -0.495. The lowest BCUT2D eigenvalue weighted by atomic mass is 10.1. The second-order valence-corrected chi connectivity index (χ2v) is 5.06. The van der Waals surface area contributed by atoms with Gasteiger partial charge in [-0.25, -0.2) is 4.90 Å². The number of nitro groups is 1. The van der Waals surface area contributed by atoms with Crippen molar-refractivity contribution in [2.45, 2.75) is 38.3 Å². The Kier molecular flexibility index (Phi) is 5.33. The van der Waals surface area contributed by atoms with Crippen molar-refractivity contribution in [1.29, 1.82) is 0 Å². The smallest absolute Gasteiger partial charge is 0.263 e. The highest BCUT2D eigenvalue weighted by Gasteiger charge is 2.30. The summed E-state index contributed by atoms with van der Waals surface area (Å²) in [6.45, 7) is 1.67. The van der Waals surface area contributed by atoms with Gasteiger partial charge >= 0.3 is 0 Å². The topological polar surface area (TPSA) is 46.4 Å². The van der Waals surface area contributed by atoms with Crippen LogP contribution >= 0.6 is 0 Å². The molecule has 0 N–H and O–H groups in total. The first-order chi connectivity index (χ1) is 9.27. The number of piperidine rings is 1. The number of rotatable bonds is 6. The van der Waals surface area contributed by atoms with Crippen LogP contribution in [0.4, 0.5) is 0 Å². The lowest BCUT2D eigenvalue weighted by Gasteiger charge is -2.29. The summed E-state index contributed by atoms with van der Waals surface area (Å²) < 4.78 is 0. The maximum Gasteiger partial charge on any atom is 0.268 e. The average molecular weight is 261 g/mol. The van der Waals surface area contributed by atoms with Gasteiger partial charge in [-0.15, -0.1) is 0 Å². The molecule has 1 heterocycles. The van der Waals surface area contributed by atoms with Gasteiger partial charge in [0.15, 0.2) is 0 Å². The van der Waals surface area contributed by atoms with Crippen LogP contribution in [-0.2, 0) is 6.42 Å². The number of unbranched alkanes of at least 4 members (excludes halogenated alkanes) is 1. The third-order valence-corrected chi connectivity index (χ3v) is 3.67. The molecule has 1 unspecified atom stereocenters. The van der Waals surface area contributed by atoms with Crippen LogP contribution < -0.4 is 0 Å². The molecule has 0 bridgehead atoms. The maximum atomic E-state index is 11.0. The van der Waals surface area contributed by atoms with Crippen LogP contribution in [0.3, 0.4) is 0 Å². The second-order valence-electron chi connectivity index (χ2n) is 5.06. The predicted octanol–water partition coefficient (Wildman–Crippen LogP) is 2.91.